The van der Waals surface area contributed by atoms with Crippen LogP contribution in [-0.2, 0) is 0 Å². The number of anilines is 1. The molecular formula is C18H28N4S2. The molecule has 0 spiro atoms. The molecule has 0 bridgehead atoms. The van der Waals surface area contributed by atoms with E-state index in [9.17, 15) is 0 Å². The van der Waals surface area contributed by atoms with E-state index >= 15 is 0 Å². The second-order valence-corrected chi connectivity index (χ2v) is 7.74. The molecule has 0 aromatic heterocycles. The van der Waals surface area contributed by atoms with Crippen LogP contribution in [-0.4, -0.2) is 16.3 Å². The molecule has 2 rings (SSSR count). The van der Waals surface area contributed by atoms with Crippen molar-refractivity contribution in [3.05, 3.63) is 29.3 Å². The standard InChI is InChI=1S/C18H28N4S2/c1-11-8-12(2)10-15(9-11)19-17(23)21-22-18(24)20-16-7-5-6-13(3)14(16)4/h8-10,13-14,16H,5-7H2,1-4H3,(H2,19,21,23)(H2,20,22,24)/t13-,14+,16-/m1/s1. The van der Waals surface area contributed by atoms with E-state index in [4.69, 9.17) is 24.4 Å². The largest absolute Gasteiger partial charge is 0.358 e. The molecule has 24 heavy (non-hydrogen) atoms. The van der Waals surface area contributed by atoms with Gasteiger partial charge in [0.2, 0.25) is 0 Å². The van der Waals surface area contributed by atoms with Crippen LogP contribution in [0.25, 0.3) is 0 Å². The maximum absolute atomic E-state index is 5.38. The molecule has 1 saturated carbocycles. The van der Waals surface area contributed by atoms with Crippen LogP contribution < -0.4 is 21.5 Å². The van der Waals surface area contributed by atoms with Crippen LogP contribution in [0.3, 0.4) is 0 Å². The summed E-state index contributed by atoms with van der Waals surface area (Å²) < 4.78 is 0. The van der Waals surface area contributed by atoms with Crippen LogP contribution in [0.5, 0.6) is 0 Å². The molecule has 0 saturated heterocycles. The van der Waals surface area contributed by atoms with Gasteiger partial charge in [0.1, 0.15) is 0 Å². The number of nitrogens with one attached hydrogen (secondary N) is 4. The van der Waals surface area contributed by atoms with E-state index in [1.807, 2.05) is 0 Å². The Kier molecular flexibility index (Phi) is 6.80. The second-order valence-electron chi connectivity index (χ2n) is 6.93. The van der Waals surface area contributed by atoms with Gasteiger partial charge in [-0.25, -0.2) is 0 Å². The maximum atomic E-state index is 5.38. The molecule has 1 aliphatic rings. The van der Waals surface area contributed by atoms with Gasteiger partial charge in [0, 0.05) is 11.7 Å². The molecule has 4 nitrogen and oxygen atoms in total. The van der Waals surface area contributed by atoms with Crippen molar-refractivity contribution in [1.82, 2.24) is 16.2 Å². The number of aryl methyl sites for hydroxylation is 2. The molecule has 132 valence electrons. The summed E-state index contributed by atoms with van der Waals surface area (Å²) in [5, 5.41) is 7.66. The van der Waals surface area contributed by atoms with Crippen LogP contribution in [0.1, 0.15) is 44.2 Å². The molecule has 0 amide bonds. The van der Waals surface area contributed by atoms with E-state index in [0.29, 0.717) is 22.2 Å². The predicted molar refractivity (Wildman–Crippen MR) is 110 cm³/mol. The van der Waals surface area contributed by atoms with Gasteiger partial charge in [-0.1, -0.05) is 32.8 Å². The Morgan fingerprint density at radius 2 is 1.58 bits per heavy atom. The van der Waals surface area contributed by atoms with Gasteiger partial charge in [-0.2, -0.15) is 0 Å². The first kappa shape index (κ1) is 18.9. The third kappa shape index (κ3) is 5.60. The topological polar surface area (TPSA) is 48.1 Å². The number of thiocarbonyl (C=S) groups is 2. The lowest BCUT2D eigenvalue weighted by Gasteiger charge is -2.35. The lowest BCUT2D eigenvalue weighted by atomic mass is 9.78. The van der Waals surface area contributed by atoms with Gasteiger partial charge in [0.15, 0.2) is 10.2 Å². The summed E-state index contributed by atoms with van der Waals surface area (Å²) in [5.74, 6) is 1.36. The summed E-state index contributed by atoms with van der Waals surface area (Å²) in [6.07, 6.45) is 3.73. The molecule has 0 heterocycles. The number of benzene rings is 1. The first-order valence-corrected chi connectivity index (χ1v) is 9.38. The minimum atomic E-state index is 0.427. The molecule has 6 heteroatoms. The Morgan fingerprint density at radius 3 is 2.25 bits per heavy atom. The van der Waals surface area contributed by atoms with Crippen molar-refractivity contribution < 1.29 is 0 Å². The molecule has 1 aliphatic carbocycles. The monoisotopic (exact) mass is 364 g/mol. The smallest absolute Gasteiger partial charge is 0.189 e. The lowest BCUT2D eigenvalue weighted by molar-refractivity contribution is 0.224. The fraction of sp³-hybridized carbons (Fsp3) is 0.556. The van der Waals surface area contributed by atoms with Crippen molar-refractivity contribution in [3.63, 3.8) is 0 Å². The van der Waals surface area contributed by atoms with E-state index < -0.39 is 0 Å². The Labute approximate surface area is 156 Å². The minimum Gasteiger partial charge on any atom is -0.358 e. The molecule has 1 fully saturated rings. The zero-order valence-corrected chi connectivity index (χ0v) is 16.5. The van der Waals surface area contributed by atoms with Crippen molar-refractivity contribution in [1.29, 1.82) is 0 Å². The van der Waals surface area contributed by atoms with E-state index in [0.717, 1.165) is 11.6 Å². The summed E-state index contributed by atoms with van der Waals surface area (Å²) in [6.45, 7) is 8.75. The zero-order valence-electron chi connectivity index (χ0n) is 14.9. The molecule has 3 atom stereocenters. The SMILES string of the molecule is Cc1cc(C)cc(NC(=S)NNC(=S)N[C@@H]2CCC[C@@H](C)[C@@H]2C)c1. The highest BCUT2D eigenvalue weighted by Crippen LogP contribution is 2.29. The van der Waals surface area contributed by atoms with Crippen molar-refractivity contribution >= 4 is 40.3 Å². The van der Waals surface area contributed by atoms with E-state index in [2.05, 4.69) is 67.4 Å². The minimum absolute atomic E-state index is 0.427. The second kappa shape index (κ2) is 8.62. The summed E-state index contributed by atoms with van der Waals surface area (Å²) in [7, 11) is 0. The fourth-order valence-electron chi connectivity index (χ4n) is 3.31. The van der Waals surface area contributed by atoms with Crippen LogP contribution in [0, 0.1) is 25.7 Å². The first-order valence-electron chi connectivity index (χ1n) is 8.57. The summed E-state index contributed by atoms with van der Waals surface area (Å²) in [5.41, 5.74) is 9.31. The average molecular weight is 365 g/mol. The highest BCUT2D eigenvalue weighted by Gasteiger charge is 2.27. The Bertz CT molecular complexity index is 582. The van der Waals surface area contributed by atoms with Crippen LogP contribution in [0.4, 0.5) is 5.69 Å². The zero-order chi connectivity index (χ0) is 17.7. The quantitative estimate of drug-likeness (QED) is 0.473. The van der Waals surface area contributed by atoms with Crippen molar-refractivity contribution in [2.45, 2.75) is 53.0 Å². The molecule has 0 radical (unpaired) electrons. The third-order valence-corrected chi connectivity index (χ3v) is 5.22. The number of hydrazine groups is 1. The van der Waals surface area contributed by atoms with Gasteiger partial charge in [-0.3, -0.25) is 10.9 Å². The van der Waals surface area contributed by atoms with E-state index in [1.54, 1.807) is 0 Å². The lowest BCUT2D eigenvalue weighted by Crippen LogP contribution is -2.53. The Balaban J connectivity index is 1.77. The third-order valence-electron chi connectivity index (χ3n) is 4.79. The first-order chi connectivity index (χ1) is 11.3. The van der Waals surface area contributed by atoms with E-state index in [1.165, 1.54) is 30.4 Å². The van der Waals surface area contributed by atoms with Crippen LogP contribution in [0.2, 0.25) is 0 Å². The number of hydrogen-bond acceptors (Lipinski definition) is 2. The summed E-state index contributed by atoms with van der Waals surface area (Å²) in [4.78, 5) is 0. The van der Waals surface area contributed by atoms with Gasteiger partial charge in [0.25, 0.3) is 0 Å². The average Bonchev–Trinajstić information content (AvgIpc) is 2.49. The van der Waals surface area contributed by atoms with Gasteiger partial charge in [0.05, 0.1) is 0 Å². The molecule has 1 aromatic rings. The molecule has 0 unspecified atom stereocenters. The Morgan fingerprint density at radius 1 is 0.958 bits per heavy atom. The van der Waals surface area contributed by atoms with Gasteiger partial charge in [-0.05, 0) is 79.8 Å². The summed E-state index contributed by atoms with van der Waals surface area (Å²) >= 11 is 10.7. The molecular weight excluding hydrogens is 336 g/mol. The highest BCUT2D eigenvalue weighted by molar-refractivity contribution is 7.80. The molecule has 0 aliphatic heterocycles. The summed E-state index contributed by atoms with van der Waals surface area (Å²) in [6, 6.07) is 6.67. The molecule has 1 aromatic carbocycles. The number of hydrogen-bond donors (Lipinski definition) is 4. The van der Waals surface area contributed by atoms with Crippen molar-refractivity contribution in [2.24, 2.45) is 11.8 Å². The number of rotatable bonds is 2. The van der Waals surface area contributed by atoms with Crippen LogP contribution in [0.15, 0.2) is 18.2 Å². The van der Waals surface area contributed by atoms with Gasteiger partial charge in [-0.15, -0.1) is 0 Å². The van der Waals surface area contributed by atoms with Crippen LogP contribution >= 0.6 is 24.4 Å². The van der Waals surface area contributed by atoms with E-state index in [-0.39, 0.29) is 0 Å². The van der Waals surface area contributed by atoms with Crippen molar-refractivity contribution in [2.75, 3.05) is 5.32 Å². The highest BCUT2D eigenvalue weighted by atomic mass is 32.1. The van der Waals surface area contributed by atoms with Gasteiger partial charge >= 0.3 is 0 Å². The fourth-order valence-corrected chi connectivity index (χ4v) is 3.68. The predicted octanol–water partition coefficient (Wildman–Crippen LogP) is 3.79. The van der Waals surface area contributed by atoms with Gasteiger partial charge < -0.3 is 10.6 Å². The normalized spacial score (nSPS) is 23.2. The Hall–Kier alpha value is -1.40. The van der Waals surface area contributed by atoms with Crippen molar-refractivity contribution in [3.8, 4) is 0 Å². The maximum Gasteiger partial charge on any atom is 0.189 e. The molecule has 4 N–H and O–H groups in total.